The predicted octanol–water partition coefficient (Wildman–Crippen LogP) is 2.31. The van der Waals surface area contributed by atoms with E-state index in [1.54, 1.807) is 11.0 Å². The van der Waals surface area contributed by atoms with Crippen molar-refractivity contribution in [2.24, 2.45) is 0 Å². The van der Waals surface area contributed by atoms with Gasteiger partial charge >= 0.3 is 0 Å². The van der Waals surface area contributed by atoms with Crippen LogP contribution in [0.4, 0.5) is 21.5 Å². The summed E-state index contributed by atoms with van der Waals surface area (Å²) in [6.45, 7) is 0.167. The van der Waals surface area contributed by atoms with Crippen LogP contribution >= 0.6 is 0 Å². The first-order chi connectivity index (χ1) is 8.74. The lowest BCUT2D eigenvalue weighted by Gasteiger charge is -2.30. The highest BCUT2D eigenvalue weighted by atomic mass is 19.1. The molecule has 1 aromatic heterocycles. The lowest BCUT2D eigenvalue weighted by Crippen LogP contribution is -2.35. The van der Waals surface area contributed by atoms with E-state index in [1.807, 2.05) is 24.3 Å². The average molecular weight is 243 g/mol. The summed E-state index contributed by atoms with van der Waals surface area (Å²) in [4.78, 5) is 16.9. The first-order valence-electron chi connectivity index (χ1n) is 5.52. The minimum atomic E-state index is -0.559. The van der Waals surface area contributed by atoms with Gasteiger partial charge in [-0.25, -0.2) is 4.98 Å². The molecule has 1 aliphatic heterocycles. The summed E-state index contributed by atoms with van der Waals surface area (Å²) in [6.07, 6.45) is 1.39. The van der Waals surface area contributed by atoms with Crippen molar-refractivity contribution in [1.29, 1.82) is 0 Å². The molecular formula is C13H10FN3O. The molecule has 0 unspecified atom stereocenters. The average Bonchev–Trinajstić information content (AvgIpc) is 2.37. The van der Waals surface area contributed by atoms with E-state index in [4.69, 9.17) is 0 Å². The van der Waals surface area contributed by atoms with Gasteiger partial charge in [-0.15, -0.1) is 0 Å². The van der Waals surface area contributed by atoms with Crippen molar-refractivity contribution < 1.29 is 9.18 Å². The summed E-state index contributed by atoms with van der Waals surface area (Å²) in [6, 6.07) is 10.4. The van der Waals surface area contributed by atoms with Crippen molar-refractivity contribution in [2.45, 2.75) is 0 Å². The van der Waals surface area contributed by atoms with Crippen molar-refractivity contribution in [1.82, 2.24) is 4.98 Å². The molecule has 1 amide bonds. The fraction of sp³-hybridized carbons (Fsp3) is 0.0769. The smallest absolute Gasteiger partial charge is 0.244 e. The molecular weight excluding hydrogens is 233 g/mol. The number of benzene rings is 1. The minimum absolute atomic E-state index is 0.120. The maximum atomic E-state index is 13.2. The fourth-order valence-corrected chi connectivity index (χ4v) is 2.02. The van der Waals surface area contributed by atoms with E-state index in [-0.39, 0.29) is 12.5 Å². The van der Waals surface area contributed by atoms with E-state index in [2.05, 4.69) is 10.3 Å². The number of carbonyl (C=O) groups is 1. The van der Waals surface area contributed by atoms with Gasteiger partial charge in [0.25, 0.3) is 0 Å². The maximum absolute atomic E-state index is 13.2. The second-order valence-electron chi connectivity index (χ2n) is 3.99. The van der Waals surface area contributed by atoms with Crippen LogP contribution in [-0.4, -0.2) is 17.4 Å². The Morgan fingerprint density at radius 2 is 2.11 bits per heavy atom. The van der Waals surface area contributed by atoms with Gasteiger partial charge in [0.1, 0.15) is 6.54 Å². The molecule has 0 fully saturated rings. The third-order valence-electron chi connectivity index (χ3n) is 2.79. The summed E-state index contributed by atoms with van der Waals surface area (Å²) in [7, 11) is 0. The fourth-order valence-electron chi connectivity index (χ4n) is 2.02. The summed E-state index contributed by atoms with van der Waals surface area (Å²) in [5, 5.41) is 2.78. The van der Waals surface area contributed by atoms with Crippen LogP contribution < -0.4 is 10.2 Å². The lowest BCUT2D eigenvalue weighted by atomic mass is 10.1. The van der Waals surface area contributed by atoms with Crippen molar-refractivity contribution >= 4 is 23.0 Å². The van der Waals surface area contributed by atoms with Gasteiger partial charge in [0.15, 0.2) is 0 Å². The number of nitrogens with one attached hydrogen (secondary N) is 1. The Balaban J connectivity index is 2.10. The second-order valence-corrected chi connectivity index (χ2v) is 3.99. The van der Waals surface area contributed by atoms with E-state index in [0.717, 1.165) is 11.4 Å². The SMILES string of the molecule is O=C1CN(c2ccnc(F)c2)c2ccccc2N1. The van der Waals surface area contributed by atoms with Crippen molar-refractivity contribution in [3.05, 3.63) is 48.5 Å². The largest absolute Gasteiger partial charge is 0.330 e. The van der Waals surface area contributed by atoms with Crippen LogP contribution in [0.25, 0.3) is 0 Å². The number of para-hydroxylation sites is 2. The second kappa shape index (κ2) is 4.10. The highest BCUT2D eigenvalue weighted by Gasteiger charge is 2.22. The van der Waals surface area contributed by atoms with Crippen LogP contribution in [0.15, 0.2) is 42.6 Å². The highest BCUT2D eigenvalue weighted by molar-refractivity contribution is 6.03. The van der Waals surface area contributed by atoms with Crippen LogP contribution in [-0.2, 0) is 4.79 Å². The molecule has 0 radical (unpaired) electrons. The number of pyridine rings is 1. The maximum Gasteiger partial charge on any atom is 0.244 e. The first-order valence-corrected chi connectivity index (χ1v) is 5.52. The molecule has 1 N–H and O–H groups in total. The Bertz CT molecular complexity index is 615. The molecule has 1 aliphatic rings. The van der Waals surface area contributed by atoms with Crippen molar-refractivity contribution in [3.63, 3.8) is 0 Å². The van der Waals surface area contributed by atoms with Crippen LogP contribution in [0.2, 0.25) is 0 Å². The Kier molecular flexibility index (Phi) is 2.44. The minimum Gasteiger partial charge on any atom is -0.330 e. The number of carbonyl (C=O) groups excluding carboxylic acids is 1. The number of nitrogens with zero attached hydrogens (tertiary/aromatic N) is 2. The third kappa shape index (κ3) is 1.79. The molecule has 0 saturated heterocycles. The summed E-state index contributed by atoms with van der Waals surface area (Å²) >= 11 is 0. The number of aromatic nitrogens is 1. The zero-order valence-corrected chi connectivity index (χ0v) is 9.43. The number of fused-ring (bicyclic) bond motifs is 1. The van der Waals surface area contributed by atoms with E-state index in [9.17, 15) is 9.18 Å². The van der Waals surface area contributed by atoms with E-state index in [1.165, 1.54) is 12.3 Å². The number of amides is 1. The number of halogens is 1. The van der Waals surface area contributed by atoms with Crippen LogP contribution in [0, 0.1) is 5.95 Å². The van der Waals surface area contributed by atoms with Gasteiger partial charge in [0.05, 0.1) is 11.4 Å². The standard InChI is InChI=1S/C13H10FN3O/c14-12-7-9(5-6-15-12)17-8-13(18)16-10-3-1-2-4-11(10)17/h1-7H,8H2,(H,16,18). The van der Waals surface area contributed by atoms with Crippen molar-refractivity contribution in [3.8, 4) is 0 Å². The van der Waals surface area contributed by atoms with E-state index < -0.39 is 5.95 Å². The number of anilines is 3. The summed E-state index contributed by atoms with van der Waals surface area (Å²) in [5.74, 6) is -0.679. The van der Waals surface area contributed by atoms with Gasteiger partial charge < -0.3 is 10.2 Å². The summed E-state index contributed by atoms with van der Waals surface area (Å²) < 4.78 is 13.2. The van der Waals surface area contributed by atoms with E-state index >= 15 is 0 Å². The van der Waals surface area contributed by atoms with Gasteiger partial charge in [0, 0.05) is 18.0 Å². The molecule has 18 heavy (non-hydrogen) atoms. The Morgan fingerprint density at radius 1 is 1.28 bits per heavy atom. The van der Waals surface area contributed by atoms with Gasteiger partial charge in [0.2, 0.25) is 11.9 Å². The van der Waals surface area contributed by atoms with E-state index in [0.29, 0.717) is 5.69 Å². The molecule has 3 rings (SSSR count). The highest BCUT2D eigenvalue weighted by Crippen LogP contribution is 2.34. The molecule has 1 aromatic carbocycles. The normalized spacial score (nSPS) is 14.1. The Hall–Kier alpha value is -2.43. The van der Waals surface area contributed by atoms with Gasteiger partial charge in [-0.05, 0) is 18.2 Å². The number of hydrogen-bond donors (Lipinski definition) is 1. The zero-order chi connectivity index (χ0) is 12.5. The Labute approximate surface area is 103 Å². The molecule has 4 nitrogen and oxygen atoms in total. The molecule has 0 aliphatic carbocycles. The molecule has 0 spiro atoms. The molecule has 5 heteroatoms. The molecule has 2 heterocycles. The number of hydrogen-bond acceptors (Lipinski definition) is 3. The molecule has 0 saturated carbocycles. The lowest BCUT2D eigenvalue weighted by molar-refractivity contribution is -0.115. The Morgan fingerprint density at radius 3 is 2.94 bits per heavy atom. The van der Waals surface area contributed by atoms with Crippen LogP contribution in [0.1, 0.15) is 0 Å². The van der Waals surface area contributed by atoms with Crippen LogP contribution in [0.5, 0.6) is 0 Å². The molecule has 0 atom stereocenters. The first kappa shape index (κ1) is 10.7. The topological polar surface area (TPSA) is 45.2 Å². The van der Waals surface area contributed by atoms with Crippen molar-refractivity contribution in [2.75, 3.05) is 16.8 Å². The molecule has 2 aromatic rings. The monoisotopic (exact) mass is 243 g/mol. The number of rotatable bonds is 1. The van der Waals surface area contributed by atoms with Crippen LogP contribution in [0.3, 0.4) is 0 Å². The van der Waals surface area contributed by atoms with Gasteiger partial charge in [-0.3, -0.25) is 4.79 Å². The predicted molar refractivity (Wildman–Crippen MR) is 66.3 cm³/mol. The quantitative estimate of drug-likeness (QED) is 0.782. The summed E-state index contributed by atoms with van der Waals surface area (Å²) in [5.41, 5.74) is 2.19. The zero-order valence-electron chi connectivity index (χ0n) is 9.43. The van der Waals surface area contributed by atoms with Gasteiger partial charge in [-0.1, -0.05) is 12.1 Å². The third-order valence-corrected chi connectivity index (χ3v) is 2.79. The molecule has 0 bridgehead atoms. The molecule has 90 valence electrons. The van der Waals surface area contributed by atoms with Gasteiger partial charge in [-0.2, -0.15) is 4.39 Å².